The van der Waals surface area contributed by atoms with Crippen LogP contribution < -0.4 is 0 Å². The van der Waals surface area contributed by atoms with E-state index < -0.39 is 0 Å². The summed E-state index contributed by atoms with van der Waals surface area (Å²) in [4.78, 5) is 0. The van der Waals surface area contributed by atoms with Crippen molar-refractivity contribution in [3.8, 4) is 0 Å². The Morgan fingerprint density at radius 2 is 0.514 bits per heavy atom. The zero-order chi connectivity index (χ0) is 26.7. The molecular weight excluding hydrogens is 452 g/mol. The van der Waals surface area contributed by atoms with Crippen LogP contribution in [0.3, 0.4) is 0 Å². The minimum absolute atomic E-state index is 0.747. The monoisotopic (exact) mass is 524 g/mol. The third-order valence-electron chi connectivity index (χ3n) is 7.76. The van der Waals surface area contributed by atoms with Crippen LogP contribution in [0, 0.1) is 6.42 Å². The van der Waals surface area contributed by atoms with Gasteiger partial charge in [-0.05, 0) is 12.8 Å². The summed E-state index contributed by atoms with van der Waals surface area (Å²) in [6, 6.07) is 0. The second-order valence-corrected chi connectivity index (χ2v) is 11.6. The first kappa shape index (κ1) is 36.9. The van der Waals surface area contributed by atoms with Crippen LogP contribution >= 0.6 is 0 Å². The van der Waals surface area contributed by atoms with Crippen molar-refractivity contribution in [1.82, 2.24) is 0 Å². The van der Waals surface area contributed by atoms with Gasteiger partial charge in [0.15, 0.2) is 0 Å². The van der Waals surface area contributed by atoms with Gasteiger partial charge < -0.3 is 9.47 Å². The second-order valence-electron chi connectivity index (χ2n) is 11.6. The molecule has 223 valence electrons. The van der Waals surface area contributed by atoms with Crippen LogP contribution in [0.15, 0.2) is 0 Å². The van der Waals surface area contributed by atoms with Gasteiger partial charge in [0, 0.05) is 19.6 Å². The van der Waals surface area contributed by atoms with Gasteiger partial charge >= 0.3 is 0 Å². The molecule has 2 nitrogen and oxygen atoms in total. The highest BCUT2D eigenvalue weighted by Gasteiger charge is 1.97. The van der Waals surface area contributed by atoms with E-state index in [1.807, 2.05) is 0 Å². The molecule has 0 aromatic carbocycles. The summed E-state index contributed by atoms with van der Waals surface area (Å²) >= 11 is 0. The Balaban J connectivity index is 3.00. The van der Waals surface area contributed by atoms with E-state index in [9.17, 15) is 0 Å². The van der Waals surface area contributed by atoms with Gasteiger partial charge in [0.1, 0.15) is 0 Å². The highest BCUT2D eigenvalue weighted by atomic mass is 16.5. The predicted octanol–water partition coefficient (Wildman–Crippen LogP) is 12.2. The molecule has 0 rings (SSSR count). The Bertz CT molecular complexity index is 336. The second kappa shape index (κ2) is 35.9. The summed E-state index contributed by atoms with van der Waals surface area (Å²) in [5, 5.41) is 0. The summed E-state index contributed by atoms with van der Waals surface area (Å²) in [5.41, 5.74) is 0. The largest absolute Gasteiger partial charge is 0.381 e. The summed E-state index contributed by atoms with van der Waals surface area (Å²) in [6.07, 6.45) is 41.6. The fourth-order valence-electron chi connectivity index (χ4n) is 5.18. The van der Waals surface area contributed by atoms with Crippen LogP contribution in [0.2, 0.25) is 0 Å². The molecule has 0 aliphatic heterocycles. The van der Waals surface area contributed by atoms with E-state index in [0.717, 1.165) is 26.4 Å². The molecule has 0 aliphatic carbocycles. The van der Waals surface area contributed by atoms with Gasteiger partial charge in [0.2, 0.25) is 0 Å². The Kier molecular flexibility index (Phi) is 35.8. The summed E-state index contributed by atoms with van der Waals surface area (Å²) < 4.78 is 11.5. The first-order valence-corrected chi connectivity index (χ1v) is 17.4. The minimum Gasteiger partial charge on any atom is -0.381 e. The van der Waals surface area contributed by atoms with Gasteiger partial charge in [-0.2, -0.15) is 0 Å². The molecule has 0 unspecified atom stereocenters. The van der Waals surface area contributed by atoms with Crippen LogP contribution in [0.25, 0.3) is 0 Å². The van der Waals surface area contributed by atoms with Crippen molar-refractivity contribution < 1.29 is 9.47 Å². The summed E-state index contributed by atoms with van der Waals surface area (Å²) in [6.45, 7) is 7.91. The highest BCUT2D eigenvalue weighted by molar-refractivity contribution is 4.61. The van der Waals surface area contributed by atoms with Crippen molar-refractivity contribution in [3.05, 3.63) is 6.42 Å². The predicted molar refractivity (Wildman–Crippen MR) is 167 cm³/mol. The van der Waals surface area contributed by atoms with Gasteiger partial charge in [0.25, 0.3) is 0 Å². The van der Waals surface area contributed by atoms with Crippen LogP contribution in [0.5, 0.6) is 0 Å². The maximum absolute atomic E-state index is 5.73. The van der Waals surface area contributed by atoms with E-state index >= 15 is 0 Å². The molecule has 0 aromatic heterocycles. The number of rotatable bonds is 34. The van der Waals surface area contributed by atoms with Crippen LogP contribution in [0.4, 0.5) is 0 Å². The molecule has 1 radical (unpaired) electrons. The molecular formula is C35H71O2. The van der Waals surface area contributed by atoms with E-state index in [2.05, 4.69) is 20.3 Å². The van der Waals surface area contributed by atoms with Crippen LogP contribution in [-0.4, -0.2) is 26.4 Å². The molecule has 37 heavy (non-hydrogen) atoms. The zero-order valence-corrected chi connectivity index (χ0v) is 26.0. The Hall–Kier alpha value is -0.0800. The van der Waals surface area contributed by atoms with Gasteiger partial charge in [0.05, 0.1) is 13.2 Å². The molecule has 0 aromatic rings. The first-order valence-electron chi connectivity index (χ1n) is 17.4. The van der Waals surface area contributed by atoms with Gasteiger partial charge in [-0.25, -0.2) is 0 Å². The average molecular weight is 524 g/mol. The average Bonchev–Trinajstić information content (AvgIpc) is 2.91. The Morgan fingerprint density at radius 1 is 0.297 bits per heavy atom. The first-order chi connectivity index (χ1) is 18.4. The topological polar surface area (TPSA) is 18.5 Å². The number of unbranched alkanes of at least 4 members (excludes halogenated alkanes) is 26. The molecule has 0 saturated carbocycles. The van der Waals surface area contributed by atoms with E-state index in [1.165, 1.54) is 180 Å². The fourth-order valence-corrected chi connectivity index (χ4v) is 5.18. The van der Waals surface area contributed by atoms with E-state index in [4.69, 9.17) is 9.47 Å². The van der Waals surface area contributed by atoms with Crippen molar-refractivity contribution in [2.45, 2.75) is 194 Å². The van der Waals surface area contributed by atoms with Crippen molar-refractivity contribution in [1.29, 1.82) is 0 Å². The smallest absolute Gasteiger partial charge is 0.0520 e. The molecule has 0 N–H and O–H groups in total. The lowest BCUT2D eigenvalue weighted by Crippen LogP contribution is -2.04. The molecule has 2 heteroatoms. The molecule has 0 atom stereocenters. The third kappa shape index (κ3) is 35.9. The number of ether oxygens (including phenoxy) is 2. The molecule has 0 fully saturated rings. The lowest BCUT2D eigenvalue weighted by Gasteiger charge is -2.06. The van der Waals surface area contributed by atoms with E-state index in [0.29, 0.717) is 0 Å². The zero-order valence-electron chi connectivity index (χ0n) is 26.0. The van der Waals surface area contributed by atoms with Gasteiger partial charge in [-0.1, -0.05) is 181 Å². The standard InChI is InChI=1S/C35H71O2/c1-3-5-7-9-11-13-15-17-19-21-23-25-27-29-32-36-34-31-35-37-33-30-28-26-24-22-20-18-16-14-12-10-8-6-4-2/h31H,3-30,32-35H2,1-2H3. The Labute approximate surface area is 235 Å². The number of hydrogen-bond acceptors (Lipinski definition) is 2. The quantitative estimate of drug-likeness (QED) is 0.0781. The molecule has 0 amide bonds. The SMILES string of the molecule is CCCCCCCCCCCCCCCCOC[CH]COCCCCCCCCCCCCCCCC. The van der Waals surface area contributed by atoms with Gasteiger partial charge in [-0.3, -0.25) is 0 Å². The van der Waals surface area contributed by atoms with Crippen molar-refractivity contribution in [2.24, 2.45) is 0 Å². The fraction of sp³-hybridized carbons (Fsp3) is 0.971. The lowest BCUT2D eigenvalue weighted by atomic mass is 10.0. The maximum atomic E-state index is 5.73. The maximum Gasteiger partial charge on any atom is 0.0520 e. The highest BCUT2D eigenvalue weighted by Crippen LogP contribution is 2.14. The summed E-state index contributed by atoms with van der Waals surface area (Å²) in [7, 11) is 0. The molecule has 0 saturated heterocycles. The molecule has 0 spiro atoms. The minimum atomic E-state index is 0.747. The van der Waals surface area contributed by atoms with Crippen molar-refractivity contribution in [2.75, 3.05) is 26.4 Å². The lowest BCUT2D eigenvalue weighted by molar-refractivity contribution is 0.111. The van der Waals surface area contributed by atoms with Crippen LogP contribution in [-0.2, 0) is 9.47 Å². The van der Waals surface area contributed by atoms with E-state index in [-0.39, 0.29) is 0 Å². The van der Waals surface area contributed by atoms with Crippen molar-refractivity contribution in [3.63, 3.8) is 0 Å². The molecule has 0 bridgehead atoms. The van der Waals surface area contributed by atoms with Gasteiger partial charge in [-0.15, -0.1) is 0 Å². The normalized spacial score (nSPS) is 11.5. The van der Waals surface area contributed by atoms with Crippen molar-refractivity contribution >= 4 is 0 Å². The van der Waals surface area contributed by atoms with E-state index in [1.54, 1.807) is 0 Å². The van der Waals surface area contributed by atoms with Crippen LogP contribution in [0.1, 0.15) is 194 Å². The third-order valence-corrected chi connectivity index (χ3v) is 7.76. The molecule has 0 heterocycles. The molecule has 0 aliphatic rings. The number of hydrogen-bond donors (Lipinski definition) is 0. The summed E-state index contributed by atoms with van der Waals surface area (Å²) in [5.74, 6) is 0. The Morgan fingerprint density at radius 3 is 0.757 bits per heavy atom.